The van der Waals surface area contributed by atoms with E-state index in [4.69, 9.17) is 14.2 Å². The van der Waals surface area contributed by atoms with E-state index in [1.165, 1.54) is 12.1 Å². The molecule has 0 amide bonds. The Kier molecular flexibility index (Phi) is 17.0. The third kappa shape index (κ3) is 15.9. The average Bonchev–Trinajstić information content (AvgIpc) is 3.05. The van der Waals surface area contributed by atoms with Crippen molar-refractivity contribution in [2.75, 3.05) is 72.0 Å². The zero-order chi connectivity index (χ0) is 42.0. The molecule has 0 aliphatic carbocycles. The third-order valence-electron chi connectivity index (χ3n) is 8.68. The van der Waals surface area contributed by atoms with Crippen LogP contribution in [0.3, 0.4) is 0 Å². The van der Waals surface area contributed by atoms with E-state index < -0.39 is 64.2 Å². The van der Waals surface area contributed by atoms with Gasteiger partial charge < -0.3 is 19.1 Å². The molecule has 3 rings (SSSR count). The Morgan fingerprint density at radius 1 is 0.714 bits per heavy atom. The second-order valence-electron chi connectivity index (χ2n) is 16.8. The molecule has 0 bridgehead atoms. The zero-order valence-corrected chi connectivity index (χ0v) is 34.2. The Bertz CT molecular complexity index is 1630. The van der Waals surface area contributed by atoms with Crippen molar-refractivity contribution in [2.45, 2.75) is 86.0 Å². The number of ketones is 1. The van der Waals surface area contributed by atoms with Crippen LogP contribution in [0.5, 0.6) is 5.75 Å². The fourth-order valence-electron chi connectivity index (χ4n) is 6.40. The highest BCUT2D eigenvalue weighted by molar-refractivity contribution is 5.91. The van der Waals surface area contributed by atoms with Crippen LogP contribution in [-0.4, -0.2) is 133 Å². The fourth-order valence-corrected chi connectivity index (χ4v) is 6.40. The maximum Gasteiger partial charge on any atom is 0.343 e. The van der Waals surface area contributed by atoms with Crippen molar-refractivity contribution >= 4 is 23.7 Å². The Balaban J connectivity index is 2.02. The van der Waals surface area contributed by atoms with Crippen molar-refractivity contribution < 1.29 is 51.0 Å². The molecular formula is C41H58F4N4O7. The lowest BCUT2D eigenvalue weighted by molar-refractivity contribution is -0.159. The Morgan fingerprint density at radius 3 is 1.73 bits per heavy atom. The molecule has 1 heterocycles. The van der Waals surface area contributed by atoms with Gasteiger partial charge in [-0.2, -0.15) is 8.78 Å². The van der Waals surface area contributed by atoms with Crippen LogP contribution in [0.25, 0.3) is 0 Å². The SMILES string of the molecule is CC(=O)CN1CCN(CC(C)C)CCN(CC(=O)OC(C)(C)C)C(Cc2ccc(C(=O)Oc3c(F)c(F)cc(F)c3F)cc2)CN(CC(=O)OC(C)(C)C)CC1. The summed E-state index contributed by atoms with van der Waals surface area (Å²) in [6.07, 6.45) is 0.322. The van der Waals surface area contributed by atoms with Gasteiger partial charge in [-0.05, 0) is 78.5 Å². The summed E-state index contributed by atoms with van der Waals surface area (Å²) < 4.78 is 72.1. The van der Waals surface area contributed by atoms with E-state index in [9.17, 15) is 36.7 Å². The number of hydrogen-bond donors (Lipinski definition) is 0. The molecule has 0 spiro atoms. The second kappa shape index (κ2) is 20.5. The van der Waals surface area contributed by atoms with E-state index >= 15 is 0 Å². The van der Waals surface area contributed by atoms with Gasteiger partial charge in [0.2, 0.25) is 17.4 Å². The van der Waals surface area contributed by atoms with Gasteiger partial charge in [-0.25, -0.2) is 13.6 Å². The van der Waals surface area contributed by atoms with Crippen LogP contribution in [0.4, 0.5) is 17.6 Å². The standard InChI is InChI=1S/C41H58F4N4O7/c1-27(2)22-46-14-15-47(23-28(3)50)16-17-48(25-34(51)55-40(4,5)6)24-31(49(19-18-46)26-35(52)56-41(7,8)9)20-29-10-12-30(13-11-29)39(53)54-38-36(44)32(42)21-33(43)37(38)45/h10-13,21,27,31H,14-20,22-26H2,1-9H3. The first-order valence-electron chi connectivity index (χ1n) is 19.0. The Hall–Kier alpha value is -3.92. The van der Waals surface area contributed by atoms with E-state index in [0.29, 0.717) is 63.7 Å². The molecule has 1 atom stereocenters. The molecule has 56 heavy (non-hydrogen) atoms. The number of carbonyl (C=O) groups excluding carboxylic acids is 4. The summed E-state index contributed by atoms with van der Waals surface area (Å²) in [6.45, 7) is 21.0. The lowest BCUT2D eigenvalue weighted by Gasteiger charge is -2.39. The maximum atomic E-state index is 14.2. The fraction of sp³-hybridized carbons (Fsp3) is 0.610. The molecule has 1 fully saturated rings. The van der Waals surface area contributed by atoms with Gasteiger partial charge in [-0.15, -0.1) is 0 Å². The van der Waals surface area contributed by atoms with Gasteiger partial charge in [-0.3, -0.25) is 29.1 Å². The van der Waals surface area contributed by atoms with E-state index in [-0.39, 0.29) is 37.0 Å². The van der Waals surface area contributed by atoms with Gasteiger partial charge in [0.25, 0.3) is 0 Å². The van der Waals surface area contributed by atoms with Crippen molar-refractivity contribution in [3.63, 3.8) is 0 Å². The molecular weight excluding hydrogens is 736 g/mol. The van der Waals surface area contributed by atoms with Crippen LogP contribution in [0.2, 0.25) is 0 Å². The van der Waals surface area contributed by atoms with Crippen LogP contribution in [0.15, 0.2) is 30.3 Å². The minimum absolute atomic E-state index is 0.0179. The summed E-state index contributed by atoms with van der Waals surface area (Å²) in [5.41, 5.74) is -0.895. The number of ether oxygens (including phenoxy) is 3. The lowest BCUT2D eigenvalue weighted by atomic mass is 10.0. The molecule has 1 aliphatic heterocycles. The van der Waals surface area contributed by atoms with E-state index in [2.05, 4.69) is 23.6 Å². The van der Waals surface area contributed by atoms with Gasteiger partial charge in [0.1, 0.15) is 17.0 Å². The molecule has 0 N–H and O–H groups in total. The van der Waals surface area contributed by atoms with Crippen LogP contribution in [-0.2, 0) is 30.3 Å². The van der Waals surface area contributed by atoms with E-state index in [1.807, 2.05) is 9.80 Å². The summed E-state index contributed by atoms with van der Waals surface area (Å²) in [5.74, 6) is -10.3. The van der Waals surface area contributed by atoms with E-state index in [0.717, 1.165) is 6.54 Å². The van der Waals surface area contributed by atoms with Crippen LogP contribution in [0.1, 0.15) is 78.2 Å². The zero-order valence-electron chi connectivity index (χ0n) is 34.2. The van der Waals surface area contributed by atoms with Crippen molar-refractivity contribution in [3.05, 3.63) is 64.7 Å². The first-order chi connectivity index (χ1) is 26.0. The van der Waals surface area contributed by atoms with Crippen molar-refractivity contribution in [2.24, 2.45) is 5.92 Å². The minimum atomic E-state index is -1.84. The largest absolute Gasteiger partial charge is 0.459 e. The quantitative estimate of drug-likeness (QED) is 0.117. The lowest BCUT2D eigenvalue weighted by Crippen LogP contribution is -2.54. The Morgan fingerprint density at radius 2 is 1.21 bits per heavy atom. The monoisotopic (exact) mass is 794 g/mol. The molecule has 0 saturated carbocycles. The van der Waals surface area contributed by atoms with Gasteiger partial charge >= 0.3 is 17.9 Å². The summed E-state index contributed by atoms with van der Waals surface area (Å²) in [6, 6.07) is 5.55. The molecule has 1 saturated heterocycles. The normalized spacial score (nSPS) is 17.6. The van der Waals surface area contributed by atoms with Crippen molar-refractivity contribution in [1.82, 2.24) is 19.6 Å². The van der Waals surface area contributed by atoms with Gasteiger partial charge in [0, 0.05) is 64.5 Å². The molecule has 11 nitrogen and oxygen atoms in total. The number of rotatable bonds is 12. The smallest absolute Gasteiger partial charge is 0.343 e. The third-order valence-corrected chi connectivity index (χ3v) is 8.68. The van der Waals surface area contributed by atoms with Gasteiger partial charge in [0.15, 0.2) is 11.6 Å². The molecule has 1 aliphatic rings. The maximum absolute atomic E-state index is 14.2. The first-order valence-corrected chi connectivity index (χ1v) is 19.0. The number of Topliss-reactive ketones (excluding diaryl/α,β-unsaturated/α-hetero) is 1. The number of halogens is 4. The molecule has 1 unspecified atom stereocenters. The van der Waals surface area contributed by atoms with Crippen molar-refractivity contribution in [1.29, 1.82) is 0 Å². The summed E-state index contributed by atoms with van der Waals surface area (Å²) in [5, 5.41) is 0. The predicted octanol–water partition coefficient (Wildman–Crippen LogP) is 5.52. The van der Waals surface area contributed by atoms with Gasteiger partial charge in [-0.1, -0.05) is 26.0 Å². The molecule has 312 valence electrons. The second-order valence-corrected chi connectivity index (χ2v) is 16.8. The average molecular weight is 795 g/mol. The highest BCUT2D eigenvalue weighted by Gasteiger charge is 2.30. The van der Waals surface area contributed by atoms with E-state index in [1.54, 1.807) is 60.6 Å². The number of nitrogens with zero attached hydrogens (tertiary/aromatic N) is 4. The Labute approximate surface area is 328 Å². The molecule has 0 aromatic heterocycles. The summed E-state index contributed by atoms with van der Waals surface area (Å²) >= 11 is 0. The van der Waals surface area contributed by atoms with Crippen LogP contribution >= 0.6 is 0 Å². The first kappa shape index (κ1) is 46.5. The van der Waals surface area contributed by atoms with Crippen molar-refractivity contribution in [3.8, 4) is 5.75 Å². The highest BCUT2D eigenvalue weighted by Crippen LogP contribution is 2.27. The number of esters is 3. The van der Waals surface area contributed by atoms with Gasteiger partial charge in [0.05, 0.1) is 25.2 Å². The summed E-state index contributed by atoms with van der Waals surface area (Å²) in [4.78, 5) is 60.2. The number of carbonyl (C=O) groups is 4. The molecule has 2 aromatic carbocycles. The van der Waals surface area contributed by atoms with Crippen LogP contribution in [0, 0.1) is 29.2 Å². The number of benzene rings is 2. The molecule has 2 aromatic rings. The topological polar surface area (TPSA) is 109 Å². The highest BCUT2D eigenvalue weighted by atomic mass is 19.2. The number of hydrogen-bond acceptors (Lipinski definition) is 11. The van der Waals surface area contributed by atoms with Crippen LogP contribution < -0.4 is 4.74 Å². The molecule has 0 radical (unpaired) electrons. The summed E-state index contributed by atoms with van der Waals surface area (Å²) in [7, 11) is 0. The molecule has 15 heteroatoms. The minimum Gasteiger partial charge on any atom is -0.459 e. The predicted molar refractivity (Wildman–Crippen MR) is 203 cm³/mol.